The van der Waals surface area contributed by atoms with Crippen LogP contribution in [0, 0.1) is 5.92 Å². The molecule has 0 saturated carbocycles. The number of amides is 1. The van der Waals surface area contributed by atoms with Crippen LogP contribution in [0.15, 0.2) is 18.2 Å². The number of carbonyl (C=O) groups is 1. The summed E-state index contributed by atoms with van der Waals surface area (Å²) in [6.45, 7) is 7.76. The first-order valence-corrected chi connectivity index (χ1v) is 9.05. The van der Waals surface area contributed by atoms with Gasteiger partial charge in [0.15, 0.2) is 0 Å². The minimum atomic E-state index is -0.0386. The number of nitrogens with two attached hydrogens (primary N) is 1. The monoisotopic (exact) mass is 329 g/mol. The summed E-state index contributed by atoms with van der Waals surface area (Å²) in [5.74, 6) is 0.317. The van der Waals surface area contributed by atoms with Crippen LogP contribution in [0.2, 0.25) is 0 Å². The summed E-state index contributed by atoms with van der Waals surface area (Å²) < 4.78 is 5.94. The van der Waals surface area contributed by atoms with Gasteiger partial charge in [-0.25, -0.2) is 0 Å². The molecule has 1 aromatic carbocycles. The second-order valence-electron chi connectivity index (χ2n) is 7.62. The maximum Gasteiger partial charge on any atom is 0.224 e. The van der Waals surface area contributed by atoms with Crippen molar-refractivity contribution in [2.75, 3.05) is 22.9 Å². The lowest BCUT2D eigenvalue weighted by Crippen LogP contribution is -2.49. The maximum atomic E-state index is 12.2. The average Bonchev–Trinajstić information content (AvgIpc) is 2.90. The van der Waals surface area contributed by atoms with Gasteiger partial charge in [0.05, 0.1) is 12.2 Å². The highest BCUT2D eigenvalue weighted by Gasteiger charge is 2.38. The molecule has 3 aliphatic heterocycles. The van der Waals surface area contributed by atoms with Crippen molar-refractivity contribution in [1.82, 2.24) is 0 Å². The van der Waals surface area contributed by atoms with Crippen molar-refractivity contribution in [2.24, 2.45) is 11.7 Å². The van der Waals surface area contributed by atoms with E-state index in [9.17, 15) is 4.79 Å². The van der Waals surface area contributed by atoms with Gasteiger partial charge in [-0.05, 0) is 49.4 Å². The van der Waals surface area contributed by atoms with Crippen LogP contribution in [0.3, 0.4) is 0 Å². The van der Waals surface area contributed by atoms with E-state index >= 15 is 0 Å². The molecule has 0 aliphatic carbocycles. The number of anilines is 2. The van der Waals surface area contributed by atoms with Crippen LogP contribution in [-0.4, -0.2) is 37.2 Å². The van der Waals surface area contributed by atoms with E-state index in [1.54, 1.807) is 6.92 Å². The number of benzene rings is 1. The molecule has 1 unspecified atom stereocenters. The number of rotatable bonds is 1. The Morgan fingerprint density at radius 2 is 1.88 bits per heavy atom. The lowest BCUT2D eigenvalue weighted by Gasteiger charge is -2.43. The molecule has 2 fully saturated rings. The fraction of sp³-hybridized carbons (Fsp3) is 0.632. The van der Waals surface area contributed by atoms with E-state index in [4.69, 9.17) is 10.5 Å². The van der Waals surface area contributed by atoms with Crippen LogP contribution in [-0.2, 0) is 9.53 Å². The van der Waals surface area contributed by atoms with Crippen LogP contribution in [0.25, 0.3) is 0 Å². The van der Waals surface area contributed by atoms with Gasteiger partial charge in [-0.1, -0.05) is 6.92 Å². The van der Waals surface area contributed by atoms with Crippen molar-refractivity contribution in [2.45, 2.75) is 57.9 Å². The number of hydrogen-bond acceptors (Lipinski definition) is 4. The summed E-state index contributed by atoms with van der Waals surface area (Å²) in [6, 6.07) is 6.49. The summed E-state index contributed by atoms with van der Waals surface area (Å²) in [6.07, 6.45) is 3.05. The molecule has 24 heavy (non-hydrogen) atoms. The van der Waals surface area contributed by atoms with Gasteiger partial charge < -0.3 is 20.3 Å². The van der Waals surface area contributed by atoms with E-state index in [2.05, 4.69) is 36.9 Å². The Hall–Kier alpha value is -1.59. The van der Waals surface area contributed by atoms with Crippen LogP contribution in [0.5, 0.6) is 0 Å². The second-order valence-corrected chi connectivity index (χ2v) is 7.62. The molecule has 3 aliphatic rings. The molecule has 1 amide bonds. The molecule has 2 bridgehead atoms. The quantitative estimate of drug-likeness (QED) is 0.860. The van der Waals surface area contributed by atoms with Gasteiger partial charge in [0.25, 0.3) is 0 Å². The maximum absolute atomic E-state index is 12.2. The van der Waals surface area contributed by atoms with E-state index < -0.39 is 0 Å². The highest BCUT2D eigenvalue weighted by Crippen LogP contribution is 2.42. The third-order valence-electron chi connectivity index (χ3n) is 6.11. The highest BCUT2D eigenvalue weighted by molar-refractivity contribution is 5.94. The fourth-order valence-corrected chi connectivity index (χ4v) is 4.54. The minimum Gasteiger partial charge on any atom is -0.371 e. The molecule has 0 aromatic heterocycles. The van der Waals surface area contributed by atoms with Crippen LogP contribution < -0.4 is 15.5 Å². The van der Waals surface area contributed by atoms with Crippen molar-refractivity contribution in [1.29, 1.82) is 0 Å². The van der Waals surface area contributed by atoms with Gasteiger partial charge in [0, 0.05) is 43.5 Å². The SMILES string of the molecule is CC(=O)N1c2ccc(N3C[C@H]4CC[C@@H](C3)O4)cc2C(N)[C@@H](C)[C@@H]1C. The summed E-state index contributed by atoms with van der Waals surface area (Å²) in [7, 11) is 0. The van der Waals surface area contributed by atoms with Gasteiger partial charge in [0.2, 0.25) is 5.91 Å². The van der Waals surface area contributed by atoms with Crippen molar-refractivity contribution >= 4 is 17.3 Å². The van der Waals surface area contributed by atoms with E-state index in [1.165, 1.54) is 5.69 Å². The highest BCUT2D eigenvalue weighted by atomic mass is 16.5. The Bertz CT molecular complexity index is 650. The largest absolute Gasteiger partial charge is 0.371 e. The lowest BCUT2D eigenvalue weighted by molar-refractivity contribution is -0.117. The number of morpholine rings is 1. The van der Waals surface area contributed by atoms with Gasteiger partial charge in [0.1, 0.15) is 0 Å². The molecule has 5 nitrogen and oxygen atoms in total. The molecule has 4 rings (SSSR count). The predicted octanol–water partition coefficient (Wildman–Crippen LogP) is 2.45. The minimum absolute atomic E-state index is 0.0386. The summed E-state index contributed by atoms with van der Waals surface area (Å²) in [5, 5.41) is 0. The molecule has 2 saturated heterocycles. The average molecular weight is 329 g/mol. The molecule has 0 radical (unpaired) electrons. The zero-order valence-corrected chi connectivity index (χ0v) is 14.7. The van der Waals surface area contributed by atoms with E-state index in [0.717, 1.165) is 37.2 Å². The Labute approximate surface area is 143 Å². The van der Waals surface area contributed by atoms with Crippen molar-refractivity contribution in [3.05, 3.63) is 23.8 Å². The van der Waals surface area contributed by atoms with Gasteiger partial charge in [-0.2, -0.15) is 0 Å². The second kappa shape index (κ2) is 5.74. The third kappa shape index (κ3) is 2.42. The van der Waals surface area contributed by atoms with Gasteiger partial charge >= 0.3 is 0 Å². The standard InChI is InChI=1S/C19H27N3O2/c1-11-12(2)22(13(3)23)18-7-4-14(8-17(18)19(11)20)21-9-15-5-6-16(10-21)24-15/h4,7-8,11-12,15-16,19H,5-6,9-10,20H2,1-3H3/t11-,12-,15-,16+,19?/m0/s1. The van der Waals surface area contributed by atoms with Crippen molar-refractivity contribution in [3.8, 4) is 0 Å². The number of hydrogen-bond donors (Lipinski definition) is 1. The molecular weight excluding hydrogens is 302 g/mol. The molecular formula is C19H27N3O2. The Morgan fingerprint density at radius 1 is 1.21 bits per heavy atom. The Kier molecular flexibility index (Phi) is 3.81. The predicted molar refractivity (Wildman–Crippen MR) is 95.3 cm³/mol. The Balaban J connectivity index is 1.70. The number of ether oxygens (including phenoxy) is 1. The van der Waals surface area contributed by atoms with Crippen LogP contribution >= 0.6 is 0 Å². The molecule has 5 heteroatoms. The molecule has 0 spiro atoms. The molecule has 5 atom stereocenters. The van der Waals surface area contributed by atoms with E-state index in [0.29, 0.717) is 12.2 Å². The van der Waals surface area contributed by atoms with Crippen molar-refractivity contribution < 1.29 is 9.53 Å². The lowest BCUT2D eigenvalue weighted by atomic mass is 9.83. The van der Waals surface area contributed by atoms with Gasteiger partial charge in [-0.3, -0.25) is 4.79 Å². The summed E-state index contributed by atoms with van der Waals surface area (Å²) in [5.41, 5.74) is 9.79. The van der Waals surface area contributed by atoms with Crippen molar-refractivity contribution in [3.63, 3.8) is 0 Å². The normalized spacial score (nSPS) is 35.1. The zero-order chi connectivity index (χ0) is 17.0. The molecule has 3 heterocycles. The van der Waals surface area contributed by atoms with Crippen LogP contribution in [0.4, 0.5) is 11.4 Å². The Morgan fingerprint density at radius 3 is 2.50 bits per heavy atom. The third-order valence-corrected chi connectivity index (χ3v) is 6.11. The van der Waals surface area contributed by atoms with Gasteiger partial charge in [-0.15, -0.1) is 0 Å². The molecule has 2 N–H and O–H groups in total. The number of carbonyl (C=O) groups excluding carboxylic acids is 1. The first-order valence-electron chi connectivity index (χ1n) is 9.05. The van der Waals surface area contributed by atoms with Crippen LogP contribution in [0.1, 0.15) is 45.2 Å². The smallest absolute Gasteiger partial charge is 0.224 e. The summed E-state index contributed by atoms with van der Waals surface area (Å²) >= 11 is 0. The number of fused-ring (bicyclic) bond motifs is 3. The fourth-order valence-electron chi connectivity index (χ4n) is 4.54. The summed E-state index contributed by atoms with van der Waals surface area (Å²) in [4.78, 5) is 16.5. The zero-order valence-electron chi connectivity index (χ0n) is 14.7. The molecule has 1 aromatic rings. The van der Waals surface area contributed by atoms with E-state index in [1.807, 2.05) is 4.90 Å². The molecule has 130 valence electrons. The number of nitrogens with zero attached hydrogens (tertiary/aromatic N) is 2. The van der Waals surface area contributed by atoms with E-state index in [-0.39, 0.29) is 23.9 Å². The first kappa shape index (κ1) is 15.9. The first-order chi connectivity index (χ1) is 11.5. The topological polar surface area (TPSA) is 58.8 Å².